The van der Waals surface area contributed by atoms with Crippen LogP contribution in [0.5, 0.6) is 5.75 Å². The molecule has 72 valence electrons. The quantitative estimate of drug-likeness (QED) is 0.733. The number of aromatic hydroxyl groups is 1. The molecule has 1 aromatic rings. The van der Waals surface area contributed by atoms with Crippen LogP contribution < -0.4 is 0 Å². The van der Waals surface area contributed by atoms with Crippen LogP contribution in [0.2, 0.25) is 0 Å². The van der Waals surface area contributed by atoms with Gasteiger partial charge >= 0.3 is 0 Å². The van der Waals surface area contributed by atoms with Gasteiger partial charge in [0, 0.05) is 6.16 Å². The molecule has 0 spiro atoms. The summed E-state index contributed by atoms with van der Waals surface area (Å²) < 4.78 is 5.03. The molecule has 13 heavy (non-hydrogen) atoms. The summed E-state index contributed by atoms with van der Waals surface area (Å²) in [4.78, 5) is 9.35. The minimum absolute atomic E-state index is 0.238. The van der Waals surface area contributed by atoms with Crippen molar-refractivity contribution in [3.05, 3.63) is 29.8 Å². The van der Waals surface area contributed by atoms with Gasteiger partial charge in [-0.2, -0.15) is 0 Å². The third kappa shape index (κ3) is 3.73. The third-order valence-electron chi connectivity index (χ3n) is 1.53. The molecule has 4 heteroatoms. The van der Waals surface area contributed by atoms with Crippen molar-refractivity contribution in [3.63, 3.8) is 0 Å². The first-order valence-electron chi connectivity index (χ1n) is 4.09. The lowest BCUT2D eigenvalue weighted by atomic mass is 10.2. The molecule has 3 nitrogen and oxygen atoms in total. The zero-order chi connectivity index (χ0) is 9.68. The Balaban J connectivity index is 2.49. The fraction of sp³-hybridized carbons (Fsp3) is 0.333. The molecule has 1 rings (SSSR count). The second-order valence-corrected chi connectivity index (χ2v) is 3.87. The van der Waals surface area contributed by atoms with Gasteiger partial charge in [0.05, 0.1) is 6.61 Å². The average Bonchev–Trinajstić information content (AvgIpc) is 2.09. The first-order valence-corrected chi connectivity index (χ1v) is 5.49. The summed E-state index contributed by atoms with van der Waals surface area (Å²) in [6.07, 6.45) is 0.517. The normalized spacial score (nSPS) is 12.8. The fourth-order valence-electron chi connectivity index (χ4n) is 0.952. The number of phenols is 1. The maximum atomic E-state index is 9.35. The molecule has 2 N–H and O–H groups in total. The van der Waals surface area contributed by atoms with Gasteiger partial charge in [0.25, 0.3) is 0 Å². The first kappa shape index (κ1) is 10.5. The van der Waals surface area contributed by atoms with Gasteiger partial charge in [-0.05, 0) is 24.6 Å². The van der Waals surface area contributed by atoms with Crippen LogP contribution in [-0.2, 0) is 10.7 Å². The van der Waals surface area contributed by atoms with E-state index < -0.39 is 8.38 Å². The Labute approximate surface area is 78.9 Å². The molecule has 0 bridgehead atoms. The molecule has 0 aliphatic carbocycles. The van der Waals surface area contributed by atoms with Crippen LogP contribution in [0.1, 0.15) is 12.5 Å². The second-order valence-electron chi connectivity index (χ2n) is 2.59. The minimum Gasteiger partial charge on any atom is -0.508 e. The van der Waals surface area contributed by atoms with Crippen molar-refractivity contribution in [3.8, 4) is 5.75 Å². The van der Waals surface area contributed by atoms with Crippen LogP contribution >= 0.6 is 8.38 Å². The standard InChI is InChI=1S/C9H13O3P/c1-2-12-13(11)7-8-3-5-9(10)6-4-8/h3-6,10-11H,2,7H2,1H3. The van der Waals surface area contributed by atoms with Gasteiger partial charge in [-0.3, -0.25) is 0 Å². The smallest absolute Gasteiger partial charge is 0.172 e. The number of phenolic OH excluding ortho intramolecular Hbond substituents is 1. The van der Waals surface area contributed by atoms with Crippen molar-refractivity contribution in [2.24, 2.45) is 0 Å². The summed E-state index contributed by atoms with van der Waals surface area (Å²) in [5.74, 6) is 0.238. The molecule has 0 fully saturated rings. The predicted molar refractivity (Wildman–Crippen MR) is 52.6 cm³/mol. The van der Waals surface area contributed by atoms with Crippen molar-refractivity contribution in [1.29, 1.82) is 0 Å². The summed E-state index contributed by atoms with van der Waals surface area (Å²) in [5, 5.41) is 9.01. The summed E-state index contributed by atoms with van der Waals surface area (Å²) >= 11 is 0. The minimum atomic E-state index is -1.35. The molecule has 0 saturated carbocycles. The Morgan fingerprint density at radius 1 is 1.31 bits per heavy atom. The van der Waals surface area contributed by atoms with E-state index in [2.05, 4.69) is 0 Å². The lowest BCUT2D eigenvalue weighted by Gasteiger charge is -2.08. The second kappa shape index (κ2) is 5.18. The summed E-state index contributed by atoms with van der Waals surface area (Å²) in [5.41, 5.74) is 0.972. The van der Waals surface area contributed by atoms with Gasteiger partial charge in [-0.1, -0.05) is 12.1 Å². The van der Waals surface area contributed by atoms with Gasteiger partial charge in [0.15, 0.2) is 8.38 Å². The van der Waals surface area contributed by atoms with E-state index in [-0.39, 0.29) is 5.75 Å². The monoisotopic (exact) mass is 200 g/mol. The van der Waals surface area contributed by atoms with Gasteiger partial charge in [-0.15, -0.1) is 0 Å². The highest BCUT2D eigenvalue weighted by molar-refractivity contribution is 7.45. The number of hydrogen-bond acceptors (Lipinski definition) is 3. The Hall–Kier alpha value is -0.630. The van der Waals surface area contributed by atoms with Crippen LogP contribution in [0.4, 0.5) is 0 Å². The predicted octanol–water partition coefficient (Wildman–Crippen LogP) is 2.23. The highest BCUT2D eigenvalue weighted by Crippen LogP contribution is 2.35. The molecular formula is C9H13O3P. The van der Waals surface area contributed by atoms with E-state index in [9.17, 15) is 4.89 Å². The Kier molecular flexibility index (Phi) is 4.16. The SMILES string of the molecule is CCOP(O)Cc1ccc(O)cc1. The van der Waals surface area contributed by atoms with Gasteiger partial charge in [0.2, 0.25) is 0 Å². The summed E-state index contributed by atoms with van der Waals surface area (Å²) in [6, 6.07) is 6.76. The lowest BCUT2D eigenvalue weighted by molar-refractivity contribution is 0.328. The van der Waals surface area contributed by atoms with E-state index in [1.54, 1.807) is 24.3 Å². The Bertz CT molecular complexity index is 248. The van der Waals surface area contributed by atoms with Gasteiger partial charge < -0.3 is 14.5 Å². The molecule has 0 heterocycles. The average molecular weight is 200 g/mol. The molecule has 0 aromatic heterocycles. The van der Waals surface area contributed by atoms with Crippen LogP contribution in [-0.4, -0.2) is 16.6 Å². The molecule has 1 unspecified atom stereocenters. The topological polar surface area (TPSA) is 49.7 Å². The molecule has 0 saturated heterocycles. The highest BCUT2D eigenvalue weighted by atomic mass is 31.2. The van der Waals surface area contributed by atoms with E-state index >= 15 is 0 Å². The third-order valence-corrected chi connectivity index (χ3v) is 2.72. The molecule has 0 aliphatic rings. The number of rotatable bonds is 4. The molecule has 1 aromatic carbocycles. The summed E-state index contributed by atoms with van der Waals surface area (Å²) in [6.45, 7) is 2.38. The van der Waals surface area contributed by atoms with E-state index in [0.717, 1.165) is 5.56 Å². The number of hydrogen-bond donors (Lipinski definition) is 2. The molecule has 1 atom stereocenters. The molecule has 0 radical (unpaired) electrons. The first-order chi connectivity index (χ1) is 6.22. The zero-order valence-electron chi connectivity index (χ0n) is 7.47. The van der Waals surface area contributed by atoms with Crippen molar-refractivity contribution < 1.29 is 14.5 Å². The van der Waals surface area contributed by atoms with E-state index in [0.29, 0.717) is 12.8 Å². The largest absolute Gasteiger partial charge is 0.508 e. The van der Waals surface area contributed by atoms with Crippen LogP contribution in [0.3, 0.4) is 0 Å². The van der Waals surface area contributed by atoms with E-state index in [4.69, 9.17) is 9.63 Å². The molecule has 0 amide bonds. The zero-order valence-corrected chi connectivity index (χ0v) is 8.37. The number of benzene rings is 1. The van der Waals surface area contributed by atoms with Crippen molar-refractivity contribution >= 4 is 8.38 Å². The Morgan fingerprint density at radius 3 is 2.46 bits per heavy atom. The van der Waals surface area contributed by atoms with E-state index in [1.807, 2.05) is 6.92 Å². The van der Waals surface area contributed by atoms with Crippen molar-refractivity contribution in [2.75, 3.05) is 6.61 Å². The van der Waals surface area contributed by atoms with Crippen LogP contribution in [0.25, 0.3) is 0 Å². The van der Waals surface area contributed by atoms with Crippen molar-refractivity contribution in [2.45, 2.75) is 13.1 Å². The molecular weight excluding hydrogens is 187 g/mol. The summed E-state index contributed by atoms with van der Waals surface area (Å²) in [7, 11) is -1.35. The van der Waals surface area contributed by atoms with Crippen molar-refractivity contribution in [1.82, 2.24) is 0 Å². The Morgan fingerprint density at radius 2 is 1.92 bits per heavy atom. The highest BCUT2D eigenvalue weighted by Gasteiger charge is 2.04. The van der Waals surface area contributed by atoms with E-state index in [1.165, 1.54) is 0 Å². The molecule has 0 aliphatic heterocycles. The lowest BCUT2D eigenvalue weighted by Crippen LogP contribution is -1.87. The maximum absolute atomic E-state index is 9.35. The van der Waals surface area contributed by atoms with Gasteiger partial charge in [0.1, 0.15) is 5.75 Å². The maximum Gasteiger partial charge on any atom is 0.172 e. The van der Waals surface area contributed by atoms with Crippen LogP contribution in [0.15, 0.2) is 24.3 Å². The fourth-order valence-corrected chi connectivity index (χ4v) is 1.86. The van der Waals surface area contributed by atoms with Gasteiger partial charge in [-0.25, -0.2) is 0 Å². The van der Waals surface area contributed by atoms with Crippen LogP contribution in [0, 0.1) is 0 Å².